The number of phenolic OH excluding ortho intramolecular Hbond substituents is 1. The van der Waals surface area contributed by atoms with E-state index in [-0.39, 0.29) is 5.75 Å². The van der Waals surface area contributed by atoms with Gasteiger partial charge in [-0.05, 0) is 18.2 Å². The van der Waals surface area contributed by atoms with Gasteiger partial charge in [0, 0.05) is 22.9 Å². The van der Waals surface area contributed by atoms with Crippen molar-refractivity contribution in [2.75, 3.05) is 7.11 Å². The third-order valence-electron chi connectivity index (χ3n) is 3.25. The van der Waals surface area contributed by atoms with Crippen molar-refractivity contribution in [1.82, 2.24) is 4.98 Å². The summed E-state index contributed by atoms with van der Waals surface area (Å²) < 4.78 is 5.19. The summed E-state index contributed by atoms with van der Waals surface area (Å²) in [7, 11) is 1.62. The number of rotatable bonds is 4. The van der Waals surface area contributed by atoms with Crippen molar-refractivity contribution in [2.24, 2.45) is 0 Å². The lowest BCUT2D eigenvalue weighted by atomic mass is 10.1. The molecule has 0 saturated heterocycles. The number of methoxy groups -OCH3 is 1. The molecule has 0 bridgehead atoms. The summed E-state index contributed by atoms with van der Waals surface area (Å²) in [5.74, 6) is 1.01. The van der Waals surface area contributed by atoms with Crippen molar-refractivity contribution in [3.05, 3.63) is 64.5 Å². The number of ether oxygens (including phenoxy) is 1. The normalized spacial score (nSPS) is 10.5. The van der Waals surface area contributed by atoms with Crippen LogP contribution in [0.5, 0.6) is 11.5 Å². The van der Waals surface area contributed by atoms with E-state index in [2.05, 4.69) is 4.98 Å². The molecule has 3 aromatic rings. The second-order valence-electron chi connectivity index (χ2n) is 4.66. The van der Waals surface area contributed by atoms with E-state index in [9.17, 15) is 5.11 Å². The molecular formula is C17H15NO2S. The second kappa shape index (κ2) is 5.97. The summed E-state index contributed by atoms with van der Waals surface area (Å²) in [6.07, 6.45) is 0.598. The predicted molar refractivity (Wildman–Crippen MR) is 85.0 cm³/mol. The van der Waals surface area contributed by atoms with Crippen LogP contribution in [0, 0.1) is 0 Å². The molecule has 1 aromatic heterocycles. The number of phenols is 1. The van der Waals surface area contributed by atoms with E-state index < -0.39 is 0 Å². The van der Waals surface area contributed by atoms with Crippen LogP contribution in [-0.4, -0.2) is 17.2 Å². The first-order valence-corrected chi connectivity index (χ1v) is 7.50. The van der Waals surface area contributed by atoms with Gasteiger partial charge < -0.3 is 9.84 Å². The van der Waals surface area contributed by atoms with Gasteiger partial charge in [0.15, 0.2) is 0 Å². The van der Waals surface area contributed by atoms with Gasteiger partial charge in [0.25, 0.3) is 0 Å². The lowest BCUT2D eigenvalue weighted by molar-refractivity contribution is 0.411. The molecule has 0 amide bonds. The topological polar surface area (TPSA) is 42.4 Å². The third kappa shape index (κ3) is 3.06. The number of benzene rings is 2. The van der Waals surface area contributed by atoms with Crippen molar-refractivity contribution in [1.29, 1.82) is 0 Å². The largest absolute Gasteiger partial charge is 0.508 e. The molecule has 0 saturated carbocycles. The van der Waals surface area contributed by atoms with Crippen LogP contribution in [0.3, 0.4) is 0 Å². The summed E-state index contributed by atoms with van der Waals surface area (Å²) in [4.78, 5) is 4.64. The Balaban J connectivity index is 1.85. The van der Waals surface area contributed by atoms with Gasteiger partial charge in [0.2, 0.25) is 0 Å². The smallest absolute Gasteiger partial charge is 0.119 e. The fourth-order valence-electron chi connectivity index (χ4n) is 2.13. The standard InChI is InChI=1S/C17H15NO2S/c1-20-14-7-8-16(19)13(9-14)10-17-18-15(11-21-17)12-5-3-2-4-6-12/h2-9,11,19H,10H2,1H3. The van der Waals surface area contributed by atoms with E-state index in [1.807, 2.05) is 41.8 Å². The quantitative estimate of drug-likeness (QED) is 0.788. The Bertz CT molecular complexity index is 738. The zero-order chi connectivity index (χ0) is 14.7. The summed E-state index contributed by atoms with van der Waals surface area (Å²) >= 11 is 1.60. The molecule has 21 heavy (non-hydrogen) atoms. The van der Waals surface area contributed by atoms with Crippen molar-refractivity contribution in [3.63, 3.8) is 0 Å². The minimum Gasteiger partial charge on any atom is -0.508 e. The van der Waals surface area contributed by atoms with Crippen LogP contribution in [0.15, 0.2) is 53.9 Å². The highest BCUT2D eigenvalue weighted by Crippen LogP contribution is 2.28. The molecule has 3 nitrogen and oxygen atoms in total. The van der Waals surface area contributed by atoms with Gasteiger partial charge >= 0.3 is 0 Å². The molecule has 0 unspecified atom stereocenters. The predicted octanol–water partition coefficient (Wildman–Crippen LogP) is 4.12. The molecule has 106 valence electrons. The molecule has 1 heterocycles. The van der Waals surface area contributed by atoms with Crippen LogP contribution < -0.4 is 4.74 Å². The first-order chi connectivity index (χ1) is 10.3. The van der Waals surface area contributed by atoms with Gasteiger partial charge in [-0.3, -0.25) is 0 Å². The highest BCUT2D eigenvalue weighted by molar-refractivity contribution is 7.10. The number of nitrogens with zero attached hydrogens (tertiary/aromatic N) is 1. The first kappa shape index (κ1) is 13.6. The van der Waals surface area contributed by atoms with E-state index in [4.69, 9.17) is 4.74 Å². The molecule has 0 atom stereocenters. The number of aromatic hydroxyl groups is 1. The van der Waals surface area contributed by atoms with Crippen LogP contribution in [0.25, 0.3) is 11.3 Å². The van der Waals surface area contributed by atoms with Crippen LogP contribution in [0.4, 0.5) is 0 Å². The van der Waals surface area contributed by atoms with Crippen LogP contribution >= 0.6 is 11.3 Å². The Morgan fingerprint density at radius 1 is 1.14 bits per heavy atom. The molecule has 1 N–H and O–H groups in total. The van der Waals surface area contributed by atoms with Gasteiger partial charge in [0.05, 0.1) is 17.8 Å². The summed E-state index contributed by atoms with van der Waals surface area (Å²) in [6.45, 7) is 0. The number of hydrogen-bond donors (Lipinski definition) is 1. The van der Waals surface area contributed by atoms with E-state index >= 15 is 0 Å². The molecule has 0 aliphatic rings. The number of thiazole rings is 1. The Kier molecular flexibility index (Phi) is 3.88. The average Bonchev–Trinajstić information content (AvgIpc) is 2.99. The summed E-state index contributed by atoms with van der Waals surface area (Å²) in [6, 6.07) is 15.3. The van der Waals surface area contributed by atoms with Crippen molar-refractivity contribution in [2.45, 2.75) is 6.42 Å². The van der Waals surface area contributed by atoms with E-state index in [0.717, 1.165) is 27.6 Å². The molecule has 4 heteroatoms. The lowest BCUT2D eigenvalue weighted by Gasteiger charge is -2.05. The number of aromatic nitrogens is 1. The van der Waals surface area contributed by atoms with Gasteiger partial charge in [-0.2, -0.15) is 0 Å². The Morgan fingerprint density at radius 2 is 1.95 bits per heavy atom. The van der Waals surface area contributed by atoms with Crippen molar-refractivity contribution >= 4 is 11.3 Å². The average molecular weight is 297 g/mol. The monoisotopic (exact) mass is 297 g/mol. The Morgan fingerprint density at radius 3 is 2.71 bits per heavy atom. The minimum absolute atomic E-state index is 0.271. The summed E-state index contributed by atoms with van der Waals surface area (Å²) in [5.41, 5.74) is 2.90. The first-order valence-electron chi connectivity index (χ1n) is 6.62. The molecule has 0 radical (unpaired) electrons. The van der Waals surface area contributed by atoms with Crippen LogP contribution in [0.2, 0.25) is 0 Å². The lowest BCUT2D eigenvalue weighted by Crippen LogP contribution is -1.91. The molecule has 0 aliphatic heterocycles. The van der Waals surface area contributed by atoms with Gasteiger partial charge in [-0.1, -0.05) is 30.3 Å². The molecule has 0 spiro atoms. The highest BCUT2D eigenvalue weighted by Gasteiger charge is 2.09. The Hall–Kier alpha value is -2.33. The maximum atomic E-state index is 9.94. The van der Waals surface area contributed by atoms with Gasteiger partial charge in [-0.25, -0.2) is 4.98 Å². The molecular weight excluding hydrogens is 282 g/mol. The second-order valence-corrected chi connectivity index (χ2v) is 5.61. The van der Waals surface area contributed by atoms with Crippen molar-refractivity contribution < 1.29 is 9.84 Å². The third-order valence-corrected chi connectivity index (χ3v) is 4.10. The zero-order valence-corrected chi connectivity index (χ0v) is 12.4. The van der Waals surface area contributed by atoms with Gasteiger partial charge in [-0.15, -0.1) is 11.3 Å². The fraction of sp³-hybridized carbons (Fsp3) is 0.118. The van der Waals surface area contributed by atoms with Crippen molar-refractivity contribution in [3.8, 4) is 22.8 Å². The maximum absolute atomic E-state index is 9.94. The van der Waals surface area contributed by atoms with E-state index in [1.54, 1.807) is 30.6 Å². The Labute approximate surface area is 127 Å². The van der Waals surface area contributed by atoms with Crippen LogP contribution in [0.1, 0.15) is 10.6 Å². The molecule has 3 rings (SSSR count). The molecule has 0 aliphatic carbocycles. The SMILES string of the molecule is COc1ccc(O)c(Cc2nc(-c3ccccc3)cs2)c1. The molecule has 2 aromatic carbocycles. The van der Waals surface area contributed by atoms with E-state index in [0.29, 0.717) is 6.42 Å². The summed E-state index contributed by atoms with van der Waals surface area (Å²) in [5, 5.41) is 13.0. The minimum atomic E-state index is 0.271. The van der Waals surface area contributed by atoms with E-state index in [1.165, 1.54) is 0 Å². The zero-order valence-electron chi connectivity index (χ0n) is 11.6. The fourth-order valence-corrected chi connectivity index (χ4v) is 2.95. The highest BCUT2D eigenvalue weighted by atomic mass is 32.1. The van der Waals surface area contributed by atoms with Gasteiger partial charge in [0.1, 0.15) is 11.5 Å². The maximum Gasteiger partial charge on any atom is 0.119 e. The number of hydrogen-bond acceptors (Lipinski definition) is 4. The molecule has 0 fully saturated rings. The van der Waals surface area contributed by atoms with Crippen LogP contribution in [-0.2, 0) is 6.42 Å².